The molecule has 3 heterocycles. The van der Waals surface area contributed by atoms with Crippen LogP contribution in [0.5, 0.6) is 0 Å². The highest BCUT2D eigenvalue weighted by Crippen LogP contribution is 2.14. The average Bonchev–Trinajstić information content (AvgIpc) is 3.38. The molecule has 0 unspecified atom stereocenters. The van der Waals surface area contributed by atoms with Crippen molar-refractivity contribution >= 4 is 40.2 Å². The van der Waals surface area contributed by atoms with Crippen molar-refractivity contribution in [2.45, 2.75) is 6.54 Å². The van der Waals surface area contributed by atoms with Crippen LogP contribution in [0, 0.1) is 0 Å². The van der Waals surface area contributed by atoms with Gasteiger partial charge >= 0.3 is 6.01 Å². The zero-order valence-corrected chi connectivity index (χ0v) is 14.2. The Hall–Kier alpha value is -3.46. The zero-order valence-electron chi connectivity index (χ0n) is 13.4. The lowest BCUT2D eigenvalue weighted by Crippen LogP contribution is -2.23. The summed E-state index contributed by atoms with van der Waals surface area (Å²) in [6.07, 6.45) is 1.19. The van der Waals surface area contributed by atoms with E-state index in [9.17, 15) is 9.59 Å². The van der Waals surface area contributed by atoms with E-state index >= 15 is 0 Å². The SMILES string of the molecule is O=C(NCc1nc2ccccc2[nH]1)c1coc(NC(=O)c2cccs2)n1. The monoisotopic (exact) mass is 367 g/mol. The zero-order chi connectivity index (χ0) is 17.9. The number of aromatic amines is 1. The second-order valence-corrected chi connectivity index (χ2v) is 6.30. The van der Waals surface area contributed by atoms with Gasteiger partial charge in [-0.3, -0.25) is 14.9 Å². The van der Waals surface area contributed by atoms with E-state index in [1.165, 1.54) is 17.6 Å². The van der Waals surface area contributed by atoms with Gasteiger partial charge in [-0.15, -0.1) is 11.3 Å². The molecule has 4 rings (SSSR count). The molecule has 0 atom stereocenters. The molecule has 0 radical (unpaired) electrons. The van der Waals surface area contributed by atoms with Crippen LogP contribution in [-0.4, -0.2) is 26.8 Å². The second kappa shape index (κ2) is 6.81. The number of hydrogen-bond acceptors (Lipinski definition) is 6. The Bertz CT molecular complexity index is 1030. The lowest BCUT2D eigenvalue weighted by Gasteiger charge is -1.99. The molecule has 0 bridgehead atoms. The number of hydrogen-bond donors (Lipinski definition) is 3. The van der Waals surface area contributed by atoms with Crippen molar-refractivity contribution in [2.24, 2.45) is 0 Å². The van der Waals surface area contributed by atoms with Crippen LogP contribution in [0.1, 0.15) is 26.0 Å². The molecule has 130 valence electrons. The number of benzene rings is 1. The third-order valence-electron chi connectivity index (χ3n) is 3.56. The van der Waals surface area contributed by atoms with Crippen LogP contribution >= 0.6 is 11.3 Å². The Kier molecular flexibility index (Phi) is 4.20. The largest absolute Gasteiger partial charge is 0.431 e. The number of carbonyl (C=O) groups excluding carboxylic acids is 2. The van der Waals surface area contributed by atoms with E-state index in [1.807, 2.05) is 24.3 Å². The second-order valence-electron chi connectivity index (χ2n) is 5.35. The van der Waals surface area contributed by atoms with E-state index < -0.39 is 5.91 Å². The Morgan fingerprint density at radius 1 is 1.12 bits per heavy atom. The summed E-state index contributed by atoms with van der Waals surface area (Å²) in [5.74, 6) is -0.129. The third-order valence-corrected chi connectivity index (χ3v) is 4.43. The number of fused-ring (bicyclic) bond motifs is 1. The van der Waals surface area contributed by atoms with Gasteiger partial charge in [0, 0.05) is 0 Å². The van der Waals surface area contributed by atoms with Crippen molar-refractivity contribution < 1.29 is 14.0 Å². The first-order valence-corrected chi connectivity index (χ1v) is 8.59. The predicted octanol–water partition coefficient (Wildman–Crippen LogP) is 2.79. The van der Waals surface area contributed by atoms with Crippen molar-refractivity contribution in [1.82, 2.24) is 20.3 Å². The first kappa shape index (κ1) is 16.0. The normalized spacial score (nSPS) is 10.8. The molecule has 0 aliphatic heterocycles. The molecular weight excluding hydrogens is 354 g/mol. The van der Waals surface area contributed by atoms with Gasteiger partial charge in [-0.2, -0.15) is 4.98 Å². The predicted molar refractivity (Wildman–Crippen MR) is 96.0 cm³/mol. The van der Waals surface area contributed by atoms with E-state index in [0.717, 1.165) is 11.0 Å². The summed E-state index contributed by atoms with van der Waals surface area (Å²) < 4.78 is 5.13. The Labute approximate surface area is 151 Å². The molecule has 3 aromatic heterocycles. The number of thiophene rings is 1. The number of H-pyrrole nitrogens is 1. The fourth-order valence-electron chi connectivity index (χ4n) is 2.35. The van der Waals surface area contributed by atoms with Gasteiger partial charge in [-0.25, -0.2) is 4.98 Å². The first-order chi connectivity index (χ1) is 12.7. The van der Waals surface area contributed by atoms with Gasteiger partial charge in [0.25, 0.3) is 11.8 Å². The van der Waals surface area contributed by atoms with Crippen molar-refractivity contribution in [3.05, 3.63) is 64.4 Å². The van der Waals surface area contributed by atoms with E-state index in [4.69, 9.17) is 4.42 Å². The van der Waals surface area contributed by atoms with Crippen LogP contribution < -0.4 is 10.6 Å². The molecule has 0 aliphatic carbocycles. The maximum Gasteiger partial charge on any atom is 0.302 e. The number of rotatable bonds is 5. The molecule has 4 aromatic rings. The smallest absolute Gasteiger partial charge is 0.302 e. The molecule has 0 aliphatic rings. The molecule has 2 amide bonds. The van der Waals surface area contributed by atoms with Gasteiger partial charge in [0.2, 0.25) is 0 Å². The molecule has 0 fully saturated rings. The Morgan fingerprint density at radius 2 is 2.00 bits per heavy atom. The van der Waals surface area contributed by atoms with Gasteiger partial charge in [-0.1, -0.05) is 18.2 Å². The number of carbonyl (C=O) groups is 2. The van der Waals surface area contributed by atoms with Gasteiger partial charge < -0.3 is 14.7 Å². The summed E-state index contributed by atoms with van der Waals surface area (Å²) in [5, 5.41) is 7.00. The number of nitrogens with one attached hydrogen (secondary N) is 3. The quantitative estimate of drug-likeness (QED) is 0.502. The van der Waals surface area contributed by atoms with Gasteiger partial charge in [0.05, 0.1) is 22.5 Å². The summed E-state index contributed by atoms with van der Waals surface area (Å²) >= 11 is 1.30. The fraction of sp³-hybridized carbons (Fsp3) is 0.0588. The maximum absolute atomic E-state index is 12.2. The summed E-state index contributed by atoms with van der Waals surface area (Å²) in [5.41, 5.74) is 1.80. The Balaban J connectivity index is 1.37. The van der Waals surface area contributed by atoms with Crippen LogP contribution in [0.4, 0.5) is 6.01 Å². The van der Waals surface area contributed by atoms with Gasteiger partial charge in [-0.05, 0) is 23.6 Å². The minimum absolute atomic E-state index is 0.0303. The molecular formula is C17H13N5O3S. The average molecular weight is 367 g/mol. The number of imidazole rings is 1. The Morgan fingerprint density at radius 3 is 2.81 bits per heavy atom. The minimum atomic E-state index is -0.425. The van der Waals surface area contributed by atoms with Crippen LogP contribution in [0.3, 0.4) is 0 Å². The van der Waals surface area contributed by atoms with E-state index in [1.54, 1.807) is 17.5 Å². The van der Waals surface area contributed by atoms with E-state index in [0.29, 0.717) is 10.7 Å². The molecule has 0 saturated carbocycles. The van der Waals surface area contributed by atoms with Crippen molar-refractivity contribution in [3.8, 4) is 0 Å². The molecule has 3 N–H and O–H groups in total. The number of aromatic nitrogens is 3. The van der Waals surface area contributed by atoms with Crippen LogP contribution in [-0.2, 0) is 6.54 Å². The van der Waals surface area contributed by atoms with Crippen molar-refractivity contribution in [1.29, 1.82) is 0 Å². The lowest BCUT2D eigenvalue weighted by molar-refractivity contribution is 0.0944. The highest BCUT2D eigenvalue weighted by molar-refractivity contribution is 7.12. The molecule has 26 heavy (non-hydrogen) atoms. The fourth-order valence-corrected chi connectivity index (χ4v) is 2.96. The molecule has 0 spiro atoms. The van der Waals surface area contributed by atoms with Gasteiger partial charge in [0.1, 0.15) is 12.1 Å². The van der Waals surface area contributed by atoms with Crippen LogP contribution in [0.25, 0.3) is 11.0 Å². The molecule has 9 heteroatoms. The molecule has 0 saturated heterocycles. The highest BCUT2D eigenvalue weighted by Gasteiger charge is 2.15. The summed E-state index contributed by atoms with van der Waals surface area (Å²) in [4.78, 5) is 36.1. The van der Waals surface area contributed by atoms with E-state index in [-0.39, 0.29) is 24.2 Å². The minimum Gasteiger partial charge on any atom is -0.431 e. The van der Waals surface area contributed by atoms with Crippen molar-refractivity contribution in [2.75, 3.05) is 5.32 Å². The number of nitrogens with zero attached hydrogens (tertiary/aromatic N) is 2. The summed E-state index contributed by atoms with van der Waals surface area (Å²) in [6, 6.07) is 11.0. The number of amides is 2. The van der Waals surface area contributed by atoms with Gasteiger partial charge in [0.15, 0.2) is 5.69 Å². The lowest BCUT2D eigenvalue weighted by atomic mass is 10.3. The summed E-state index contributed by atoms with van der Waals surface area (Å²) in [7, 11) is 0. The number of para-hydroxylation sites is 2. The highest BCUT2D eigenvalue weighted by atomic mass is 32.1. The van der Waals surface area contributed by atoms with Crippen LogP contribution in [0.15, 0.2) is 52.5 Å². The topological polar surface area (TPSA) is 113 Å². The third kappa shape index (κ3) is 3.33. The maximum atomic E-state index is 12.2. The number of anilines is 1. The van der Waals surface area contributed by atoms with Crippen LogP contribution in [0.2, 0.25) is 0 Å². The van der Waals surface area contributed by atoms with E-state index in [2.05, 4.69) is 25.6 Å². The molecule has 8 nitrogen and oxygen atoms in total. The summed E-state index contributed by atoms with van der Waals surface area (Å²) in [6.45, 7) is 0.220. The number of oxazole rings is 1. The first-order valence-electron chi connectivity index (χ1n) is 7.71. The molecule has 1 aromatic carbocycles. The van der Waals surface area contributed by atoms with Crippen molar-refractivity contribution in [3.63, 3.8) is 0 Å². The standard InChI is InChI=1S/C17H13N5O3S/c23-15(18-8-14-19-10-4-1-2-5-11(10)20-14)12-9-25-17(21-12)22-16(24)13-6-3-7-26-13/h1-7,9H,8H2,(H,18,23)(H,19,20)(H,21,22,24).